The van der Waals surface area contributed by atoms with Crippen molar-refractivity contribution in [3.05, 3.63) is 119 Å². The fourth-order valence-electron chi connectivity index (χ4n) is 4.12. The maximum absolute atomic E-state index is 13.7. The van der Waals surface area contributed by atoms with Crippen molar-refractivity contribution in [2.24, 2.45) is 0 Å². The molecule has 0 saturated heterocycles. The number of carbonyl (C=O) groups excluding carboxylic acids is 1. The van der Waals surface area contributed by atoms with E-state index in [2.05, 4.69) is 20.5 Å². The second-order valence-corrected chi connectivity index (χ2v) is 8.55. The number of aromatic nitrogens is 3. The Balaban J connectivity index is 1.40. The molecule has 5 rings (SSSR count). The number of nitrogens with zero attached hydrogens (tertiary/aromatic N) is 2. The van der Waals surface area contributed by atoms with Crippen LogP contribution in [0.4, 0.5) is 0 Å². The van der Waals surface area contributed by atoms with Gasteiger partial charge in [0.25, 0.3) is 0 Å². The summed E-state index contributed by atoms with van der Waals surface area (Å²) in [5.41, 5.74) is 5.39. The molecular formula is C28H23ClN4O. The summed E-state index contributed by atoms with van der Waals surface area (Å²) in [4.78, 5) is 17.0. The number of ketones is 1. The molecule has 6 heteroatoms. The summed E-state index contributed by atoms with van der Waals surface area (Å²) in [5.74, 6) is 0.0285. The minimum atomic E-state index is -0.452. The number of nitrogens with one attached hydrogen (secondary N) is 2. The van der Waals surface area contributed by atoms with E-state index in [1.807, 2.05) is 84.9 Å². The van der Waals surface area contributed by atoms with Crippen molar-refractivity contribution in [3.8, 4) is 11.3 Å². The van der Waals surface area contributed by atoms with Crippen LogP contribution in [0.2, 0.25) is 5.02 Å². The van der Waals surface area contributed by atoms with E-state index in [1.54, 1.807) is 12.4 Å². The first-order valence-corrected chi connectivity index (χ1v) is 11.5. The van der Waals surface area contributed by atoms with E-state index < -0.39 is 6.04 Å². The highest BCUT2D eigenvalue weighted by atomic mass is 35.5. The summed E-state index contributed by atoms with van der Waals surface area (Å²) in [6, 6.07) is 26.9. The van der Waals surface area contributed by atoms with Crippen LogP contribution in [0.3, 0.4) is 0 Å². The monoisotopic (exact) mass is 466 g/mol. The van der Waals surface area contributed by atoms with E-state index in [9.17, 15) is 4.79 Å². The van der Waals surface area contributed by atoms with Gasteiger partial charge in [-0.05, 0) is 47.9 Å². The van der Waals surface area contributed by atoms with Crippen LogP contribution in [0.1, 0.15) is 27.5 Å². The van der Waals surface area contributed by atoms with Gasteiger partial charge in [-0.1, -0.05) is 66.2 Å². The second-order valence-electron chi connectivity index (χ2n) is 8.11. The summed E-state index contributed by atoms with van der Waals surface area (Å²) in [6.07, 6.45) is 4.24. The average molecular weight is 467 g/mol. The van der Waals surface area contributed by atoms with Gasteiger partial charge in [0, 0.05) is 46.0 Å². The molecular weight excluding hydrogens is 444 g/mol. The molecule has 0 unspecified atom stereocenters. The highest BCUT2D eigenvalue weighted by Gasteiger charge is 2.24. The Bertz CT molecular complexity index is 1400. The summed E-state index contributed by atoms with van der Waals surface area (Å²) < 4.78 is 0. The number of benzene rings is 3. The van der Waals surface area contributed by atoms with Crippen LogP contribution >= 0.6 is 11.6 Å². The molecule has 5 nitrogen and oxygen atoms in total. The highest BCUT2D eigenvalue weighted by molar-refractivity contribution is 6.30. The Kier molecular flexibility index (Phi) is 6.47. The van der Waals surface area contributed by atoms with Crippen molar-refractivity contribution in [3.63, 3.8) is 0 Å². The molecule has 0 radical (unpaired) electrons. The molecule has 0 spiro atoms. The smallest absolute Gasteiger partial charge is 0.186 e. The Morgan fingerprint density at radius 1 is 0.971 bits per heavy atom. The predicted molar refractivity (Wildman–Crippen MR) is 136 cm³/mol. The lowest BCUT2D eigenvalue weighted by Crippen LogP contribution is -2.30. The number of aromatic amines is 1. The molecule has 2 aromatic heterocycles. The van der Waals surface area contributed by atoms with Gasteiger partial charge in [-0.2, -0.15) is 10.2 Å². The number of H-pyrrole nitrogens is 1. The van der Waals surface area contributed by atoms with E-state index in [-0.39, 0.29) is 5.78 Å². The molecule has 1 atom stereocenters. The third-order valence-electron chi connectivity index (χ3n) is 5.89. The first-order chi connectivity index (χ1) is 16.7. The maximum Gasteiger partial charge on any atom is 0.186 e. The predicted octanol–water partition coefficient (Wildman–Crippen LogP) is 6.03. The van der Waals surface area contributed by atoms with Gasteiger partial charge in [-0.25, -0.2) is 0 Å². The van der Waals surface area contributed by atoms with Crippen LogP contribution in [0.5, 0.6) is 0 Å². The van der Waals surface area contributed by atoms with Gasteiger partial charge in [0.15, 0.2) is 5.78 Å². The molecule has 2 N–H and O–H groups in total. The molecule has 0 aliphatic rings. The SMILES string of the molecule is O=C(c1c[nH]c2cc(-c3cccnn3)ccc12)[C@H](NCCc1ccc(Cl)cc1)c1ccccc1. The third-order valence-corrected chi connectivity index (χ3v) is 6.14. The van der Waals surface area contributed by atoms with Gasteiger partial charge in [0.1, 0.15) is 0 Å². The van der Waals surface area contributed by atoms with E-state index in [1.165, 1.54) is 5.56 Å². The van der Waals surface area contributed by atoms with E-state index in [0.29, 0.717) is 12.1 Å². The first kappa shape index (κ1) is 22.0. The molecule has 168 valence electrons. The topological polar surface area (TPSA) is 70.7 Å². The van der Waals surface area contributed by atoms with Gasteiger partial charge in [-0.15, -0.1) is 0 Å². The number of hydrogen-bond donors (Lipinski definition) is 2. The highest BCUT2D eigenvalue weighted by Crippen LogP contribution is 2.28. The van der Waals surface area contributed by atoms with Crippen molar-refractivity contribution in [1.29, 1.82) is 0 Å². The zero-order chi connectivity index (χ0) is 23.3. The molecule has 3 aromatic carbocycles. The number of Topliss-reactive ketones (excluding diaryl/α,β-unsaturated/α-hetero) is 1. The van der Waals surface area contributed by atoms with Crippen molar-refractivity contribution in [2.75, 3.05) is 6.54 Å². The lowest BCUT2D eigenvalue weighted by Gasteiger charge is -2.18. The molecule has 0 fully saturated rings. The summed E-state index contributed by atoms with van der Waals surface area (Å²) >= 11 is 6.00. The normalized spacial score (nSPS) is 12.0. The third kappa shape index (κ3) is 4.76. The first-order valence-electron chi connectivity index (χ1n) is 11.2. The summed E-state index contributed by atoms with van der Waals surface area (Å²) in [6.45, 7) is 0.659. The number of fused-ring (bicyclic) bond motifs is 1. The van der Waals surface area contributed by atoms with E-state index in [4.69, 9.17) is 11.6 Å². The average Bonchev–Trinajstić information content (AvgIpc) is 3.32. The van der Waals surface area contributed by atoms with E-state index >= 15 is 0 Å². The van der Waals surface area contributed by atoms with Crippen molar-refractivity contribution < 1.29 is 4.79 Å². The quantitative estimate of drug-likeness (QED) is 0.274. The van der Waals surface area contributed by atoms with Crippen LogP contribution in [-0.2, 0) is 6.42 Å². The van der Waals surface area contributed by atoms with E-state index in [0.717, 1.165) is 39.2 Å². The molecule has 0 bridgehead atoms. The Morgan fingerprint density at radius 3 is 2.56 bits per heavy atom. The minimum absolute atomic E-state index is 0.0285. The summed E-state index contributed by atoms with van der Waals surface area (Å²) in [7, 11) is 0. The standard InChI is InChI=1S/C28H23ClN4O/c29-22-11-8-19(9-12-22)14-16-30-27(20-5-2-1-3-6-20)28(34)24-18-31-26-17-21(10-13-23(24)26)25-7-4-15-32-33-25/h1-13,15,17-18,27,30-31H,14,16H2/t27-/m1/s1. The van der Waals surface area contributed by atoms with Crippen LogP contribution in [-0.4, -0.2) is 27.5 Å². The fraction of sp³-hybridized carbons (Fsp3) is 0.107. The van der Waals surface area contributed by atoms with Crippen molar-refractivity contribution in [1.82, 2.24) is 20.5 Å². The molecule has 5 aromatic rings. The number of carbonyl (C=O) groups is 1. The van der Waals surface area contributed by atoms with Crippen LogP contribution in [0.25, 0.3) is 22.2 Å². The number of halogens is 1. The Labute approximate surface area is 202 Å². The summed E-state index contributed by atoms with van der Waals surface area (Å²) in [5, 5.41) is 13.2. The molecule has 2 heterocycles. The number of hydrogen-bond acceptors (Lipinski definition) is 4. The minimum Gasteiger partial charge on any atom is -0.360 e. The van der Waals surface area contributed by atoms with Gasteiger partial charge >= 0.3 is 0 Å². The molecule has 0 aliphatic carbocycles. The van der Waals surface area contributed by atoms with Gasteiger partial charge in [0.2, 0.25) is 0 Å². The van der Waals surface area contributed by atoms with Crippen LogP contribution in [0.15, 0.2) is 97.3 Å². The largest absolute Gasteiger partial charge is 0.360 e. The van der Waals surface area contributed by atoms with Gasteiger partial charge in [0.05, 0.1) is 11.7 Å². The lowest BCUT2D eigenvalue weighted by molar-refractivity contribution is 0.0945. The second kappa shape index (κ2) is 10.00. The molecule has 0 saturated carbocycles. The van der Waals surface area contributed by atoms with Crippen LogP contribution in [0, 0.1) is 0 Å². The van der Waals surface area contributed by atoms with Gasteiger partial charge in [-0.3, -0.25) is 4.79 Å². The zero-order valence-electron chi connectivity index (χ0n) is 18.4. The molecule has 0 aliphatic heterocycles. The zero-order valence-corrected chi connectivity index (χ0v) is 19.2. The van der Waals surface area contributed by atoms with Crippen molar-refractivity contribution in [2.45, 2.75) is 12.5 Å². The van der Waals surface area contributed by atoms with Crippen molar-refractivity contribution >= 4 is 28.3 Å². The van der Waals surface area contributed by atoms with Crippen LogP contribution < -0.4 is 5.32 Å². The fourth-order valence-corrected chi connectivity index (χ4v) is 4.25. The number of rotatable bonds is 8. The molecule has 0 amide bonds. The Hall–Kier alpha value is -3.80. The Morgan fingerprint density at radius 2 is 1.79 bits per heavy atom. The lowest BCUT2D eigenvalue weighted by atomic mass is 9.96. The maximum atomic E-state index is 13.7. The molecule has 34 heavy (non-hydrogen) atoms. The van der Waals surface area contributed by atoms with Gasteiger partial charge < -0.3 is 10.3 Å².